The lowest BCUT2D eigenvalue weighted by atomic mass is 10.2. The van der Waals surface area contributed by atoms with Crippen LogP contribution in [0.5, 0.6) is 0 Å². The molecule has 1 saturated heterocycles. The standard InChI is InChI=1S/C15H23N5O3/c1-11-10-13(18-15(17-11)16-4-9-23-3)14(22)20-7-5-19(6-8-20)12(2)21/h10H,4-9H2,1-3H3,(H,16,17,18). The predicted molar refractivity (Wildman–Crippen MR) is 85.3 cm³/mol. The number of nitrogens with one attached hydrogen (secondary N) is 1. The number of nitrogens with zero attached hydrogens (tertiary/aromatic N) is 4. The summed E-state index contributed by atoms with van der Waals surface area (Å²) in [5.41, 5.74) is 1.10. The highest BCUT2D eigenvalue weighted by Gasteiger charge is 2.24. The molecule has 2 amide bonds. The van der Waals surface area contributed by atoms with Gasteiger partial charge in [-0.15, -0.1) is 0 Å². The van der Waals surface area contributed by atoms with Gasteiger partial charge < -0.3 is 19.9 Å². The summed E-state index contributed by atoms with van der Waals surface area (Å²) in [5, 5.41) is 3.04. The molecule has 2 rings (SSSR count). The molecule has 2 heterocycles. The first kappa shape index (κ1) is 17.1. The lowest BCUT2D eigenvalue weighted by Gasteiger charge is -2.34. The molecule has 0 spiro atoms. The highest BCUT2D eigenvalue weighted by Crippen LogP contribution is 2.10. The third-order valence-electron chi connectivity index (χ3n) is 3.67. The number of anilines is 1. The van der Waals surface area contributed by atoms with Gasteiger partial charge in [0.2, 0.25) is 11.9 Å². The summed E-state index contributed by atoms with van der Waals surface area (Å²) in [7, 11) is 1.62. The second kappa shape index (κ2) is 7.87. The molecule has 0 saturated carbocycles. The molecule has 0 bridgehead atoms. The SMILES string of the molecule is COCCNc1nc(C)cc(C(=O)N2CCN(C(C)=O)CC2)n1. The molecule has 1 fully saturated rings. The van der Waals surface area contributed by atoms with E-state index in [9.17, 15) is 9.59 Å². The second-order valence-corrected chi connectivity index (χ2v) is 5.44. The van der Waals surface area contributed by atoms with Crippen molar-refractivity contribution in [3.63, 3.8) is 0 Å². The van der Waals surface area contributed by atoms with Gasteiger partial charge in [0, 0.05) is 52.5 Å². The van der Waals surface area contributed by atoms with Crippen molar-refractivity contribution in [2.24, 2.45) is 0 Å². The van der Waals surface area contributed by atoms with Gasteiger partial charge in [-0.3, -0.25) is 9.59 Å². The van der Waals surface area contributed by atoms with Gasteiger partial charge in [0.05, 0.1) is 6.61 Å². The molecule has 0 radical (unpaired) electrons. The van der Waals surface area contributed by atoms with Crippen LogP contribution < -0.4 is 5.32 Å². The minimum atomic E-state index is -0.131. The molecule has 1 aromatic heterocycles. The van der Waals surface area contributed by atoms with E-state index in [0.29, 0.717) is 51.0 Å². The quantitative estimate of drug-likeness (QED) is 0.777. The van der Waals surface area contributed by atoms with Gasteiger partial charge in [-0.1, -0.05) is 0 Å². The molecule has 1 aromatic rings. The van der Waals surface area contributed by atoms with Gasteiger partial charge in [0.25, 0.3) is 5.91 Å². The van der Waals surface area contributed by atoms with E-state index in [-0.39, 0.29) is 11.8 Å². The van der Waals surface area contributed by atoms with E-state index in [1.807, 2.05) is 6.92 Å². The van der Waals surface area contributed by atoms with Crippen molar-refractivity contribution in [3.8, 4) is 0 Å². The topological polar surface area (TPSA) is 87.7 Å². The highest BCUT2D eigenvalue weighted by molar-refractivity contribution is 5.92. The maximum Gasteiger partial charge on any atom is 0.272 e. The lowest BCUT2D eigenvalue weighted by molar-refractivity contribution is -0.130. The Morgan fingerprint density at radius 3 is 2.48 bits per heavy atom. The average molecular weight is 321 g/mol. The molecular weight excluding hydrogens is 298 g/mol. The number of aryl methyl sites for hydroxylation is 1. The molecule has 1 aliphatic heterocycles. The number of hydrogen-bond acceptors (Lipinski definition) is 6. The van der Waals surface area contributed by atoms with Crippen LogP contribution in [0.25, 0.3) is 0 Å². The first-order valence-electron chi connectivity index (χ1n) is 7.64. The Morgan fingerprint density at radius 1 is 1.22 bits per heavy atom. The molecular formula is C15H23N5O3. The zero-order valence-corrected chi connectivity index (χ0v) is 13.8. The minimum Gasteiger partial charge on any atom is -0.383 e. The van der Waals surface area contributed by atoms with Crippen LogP contribution in [0.2, 0.25) is 0 Å². The third kappa shape index (κ3) is 4.62. The Kier molecular flexibility index (Phi) is 5.86. The lowest BCUT2D eigenvalue weighted by Crippen LogP contribution is -2.50. The smallest absolute Gasteiger partial charge is 0.272 e. The van der Waals surface area contributed by atoms with Crippen LogP contribution in [0.15, 0.2) is 6.07 Å². The molecule has 0 aliphatic carbocycles. The number of carbonyl (C=O) groups excluding carboxylic acids is 2. The molecule has 8 nitrogen and oxygen atoms in total. The maximum atomic E-state index is 12.6. The summed E-state index contributed by atoms with van der Waals surface area (Å²) in [6.45, 7) is 6.64. The monoisotopic (exact) mass is 321 g/mol. The number of hydrogen-bond donors (Lipinski definition) is 1. The summed E-state index contributed by atoms with van der Waals surface area (Å²) in [6, 6.07) is 1.68. The van der Waals surface area contributed by atoms with Crippen LogP contribution >= 0.6 is 0 Å². The van der Waals surface area contributed by atoms with Crippen molar-refractivity contribution in [1.29, 1.82) is 0 Å². The fourth-order valence-electron chi connectivity index (χ4n) is 2.41. The first-order valence-corrected chi connectivity index (χ1v) is 7.64. The molecule has 0 aromatic carbocycles. The van der Waals surface area contributed by atoms with Gasteiger partial charge in [-0.05, 0) is 13.0 Å². The zero-order chi connectivity index (χ0) is 16.8. The number of piperazine rings is 1. The Balaban J connectivity index is 2.03. The summed E-state index contributed by atoms with van der Waals surface area (Å²) in [6.07, 6.45) is 0. The van der Waals surface area contributed by atoms with E-state index in [2.05, 4.69) is 15.3 Å². The molecule has 1 aliphatic rings. The number of aromatic nitrogens is 2. The number of methoxy groups -OCH3 is 1. The summed E-state index contributed by atoms with van der Waals surface area (Å²) < 4.78 is 4.97. The maximum absolute atomic E-state index is 12.6. The normalized spacial score (nSPS) is 14.7. The van der Waals surface area contributed by atoms with E-state index in [1.165, 1.54) is 0 Å². The van der Waals surface area contributed by atoms with Crippen molar-refractivity contribution >= 4 is 17.8 Å². The van der Waals surface area contributed by atoms with Crippen LogP contribution in [0.1, 0.15) is 23.1 Å². The number of carbonyl (C=O) groups is 2. The third-order valence-corrected chi connectivity index (χ3v) is 3.67. The van der Waals surface area contributed by atoms with Crippen LogP contribution in [0.4, 0.5) is 5.95 Å². The zero-order valence-electron chi connectivity index (χ0n) is 13.8. The van der Waals surface area contributed by atoms with Crippen molar-refractivity contribution in [3.05, 3.63) is 17.5 Å². The summed E-state index contributed by atoms with van der Waals surface area (Å²) >= 11 is 0. The van der Waals surface area contributed by atoms with Gasteiger partial charge in [0.1, 0.15) is 5.69 Å². The van der Waals surface area contributed by atoms with E-state index in [0.717, 1.165) is 5.69 Å². The molecule has 0 atom stereocenters. The largest absolute Gasteiger partial charge is 0.383 e. The molecule has 126 valence electrons. The number of amides is 2. The van der Waals surface area contributed by atoms with Crippen molar-refractivity contribution in [2.75, 3.05) is 51.8 Å². The van der Waals surface area contributed by atoms with Gasteiger partial charge in [0.15, 0.2) is 0 Å². The van der Waals surface area contributed by atoms with E-state index >= 15 is 0 Å². The predicted octanol–water partition coefficient (Wildman–Crippen LogP) is 0.148. The van der Waals surface area contributed by atoms with E-state index < -0.39 is 0 Å². The molecule has 0 unspecified atom stereocenters. The average Bonchev–Trinajstić information content (AvgIpc) is 2.54. The van der Waals surface area contributed by atoms with Crippen LogP contribution in [0, 0.1) is 6.92 Å². The van der Waals surface area contributed by atoms with Gasteiger partial charge in [-0.2, -0.15) is 0 Å². The fraction of sp³-hybridized carbons (Fsp3) is 0.600. The summed E-state index contributed by atoms with van der Waals surface area (Å²) in [4.78, 5) is 36.0. The van der Waals surface area contributed by atoms with Gasteiger partial charge in [-0.25, -0.2) is 9.97 Å². The Labute approximate surface area is 135 Å². The Hall–Kier alpha value is -2.22. The van der Waals surface area contributed by atoms with E-state index in [4.69, 9.17) is 4.74 Å². The number of rotatable bonds is 5. The first-order chi connectivity index (χ1) is 11.0. The van der Waals surface area contributed by atoms with Crippen LogP contribution in [-0.4, -0.2) is 78.0 Å². The van der Waals surface area contributed by atoms with Crippen molar-refractivity contribution in [2.45, 2.75) is 13.8 Å². The highest BCUT2D eigenvalue weighted by atomic mass is 16.5. The van der Waals surface area contributed by atoms with Crippen LogP contribution in [0.3, 0.4) is 0 Å². The van der Waals surface area contributed by atoms with E-state index in [1.54, 1.807) is 29.9 Å². The Bertz CT molecular complexity index is 570. The second-order valence-electron chi connectivity index (χ2n) is 5.44. The number of ether oxygens (including phenoxy) is 1. The molecule has 1 N–H and O–H groups in total. The molecule has 23 heavy (non-hydrogen) atoms. The van der Waals surface area contributed by atoms with Gasteiger partial charge >= 0.3 is 0 Å². The minimum absolute atomic E-state index is 0.0413. The van der Waals surface area contributed by atoms with Crippen LogP contribution in [-0.2, 0) is 9.53 Å². The Morgan fingerprint density at radius 2 is 1.87 bits per heavy atom. The summed E-state index contributed by atoms with van der Waals surface area (Å²) in [5.74, 6) is 0.334. The van der Waals surface area contributed by atoms with Crippen molar-refractivity contribution < 1.29 is 14.3 Å². The fourth-order valence-corrected chi connectivity index (χ4v) is 2.41. The van der Waals surface area contributed by atoms with Crippen molar-refractivity contribution in [1.82, 2.24) is 19.8 Å². The molecule has 8 heteroatoms.